The second-order valence-electron chi connectivity index (χ2n) is 4.92. The molecule has 0 aliphatic carbocycles. The number of carbonyl (C=O) groups excluding carboxylic acids is 1. The van der Waals surface area contributed by atoms with Crippen LogP contribution in [0.15, 0.2) is 18.5 Å². The van der Waals surface area contributed by atoms with Crippen molar-refractivity contribution in [2.75, 3.05) is 50.8 Å². The molecule has 20 heavy (non-hydrogen) atoms. The monoisotopic (exact) mass is 277 g/mol. The highest BCUT2D eigenvalue weighted by molar-refractivity contribution is 5.81. The van der Waals surface area contributed by atoms with Crippen molar-refractivity contribution >= 4 is 11.9 Å². The Balaban J connectivity index is 1.54. The lowest BCUT2D eigenvalue weighted by molar-refractivity contribution is -0.145. The van der Waals surface area contributed by atoms with Gasteiger partial charge >= 0.3 is 0 Å². The lowest BCUT2D eigenvalue weighted by atomic mass is 10.2. The van der Waals surface area contributed by atoms with Crippen molar-refractivity contribution in [3.8, 4) is 0 Å². The van der Waals surface area contributed by atoms with Gasteiger partial charge in [-0.1, -0.05) is 0 Å². The number of rotatable bonds is 2. The molecule has 7 nitrogen and oxygen atoms in total. The minimum atomic E-state index is -0.330. The van der Waals surface area contributed by atoms with Crippen molar-refractivity contribution < 1.29 is 9.53 Å². The summed E-state index contributed by atoms with van der Waals surface area (Å²) in [7, 11) is 0. The fourth-order valence-electron chi connectivity index (χ4n) is 2.51. The largest absolute Gasteiger partial charge is 0.366 e. The SMILES string of the molecule is O=C(C1CNCCO1)N1CCN(c2ncccn2)CC1. The van der Waals surface area contributed by atoms with E-state index < -0.39 is 0 Å². The van der Waals surface area contributed by atoms with Crippen molar-refractivity contribution in [2.24, 2.45) is 0 Å². The Morgan fingerprint density at radius 2 is 2.00 bits per heavy atom. The van der Waals surface area contributed by atoms with E-state index >= 15 is 0 Å². The molecule has 2 aliphatic rings. The van der Waals surface area contributed by atoms with Gasteiger partial charge in [-0.2, -0.15) is 0 Å². The second kappa shape index (κ2) is 6.15. The first-order valence-corrected chi connectivity index (χ1v) is 6.97. The zero-order valence-corrected chi connectivity index (χ0v) is 11.4. The van der Waals surface area contributed by atoms with Crippen LogP contribution < -0.4 is 10.2 Å². The maximum atomic E-state index is 12.3. The molecule has 108 valence electrons. The summed E-state index contributed by atoms with van der Waals surface area (Å²) in [5.41, 5.74) is 0. The third-order valence-electron chi connectivity index (χ3n) is 3.63. The lowest BCUT2D eigenvalue weighted by Crippen LogP contribution is -2.55. The number of piperazine rings is 1. The highest BCUT2D eigenvalue weighted by atomic mass is 16.5. The van der Waals surface area contributed by atoms with Crippen LogP contribution in [0.1, 0.15) is 0 Å². The molecule has 3 heterocycles. The number of ether oxygens (including phenoxy) is 1. The molecule has 0 bridgehead atoms. The number of carbonyl (C=O) groups is 1. The van der Waals surface area contributed by atoms with Crippen molar-refractivity contribution in [2.45, 2.75) is 6.10 Å². The Kier molecular flexibility index (Phi) is 4.08. The van der Waals surface area contributed by atoms with Crippen molar-refractivity contribution in [3.05, 3.63) is 18.5 Å². The minimum absolute atomic E-state index is 0.0887. The van der Waals surface area contributed by atoms with Gasteiger partial charge in [-0.25, -0.2) is 9.97 Å². The topological polar surface area (TPSA) is 70.6 Å². The van der Waals surface area contributed by atoms with Crippen molar-refractivity contribution in [3.63, 3.8) is 0 Å². The van der Waals surface area contributed by atoms with E-state index in [1.54, 1.807) is 18.5 Å². The maximum Gasteiger partial charge on any atom is 0.253 e. The second-order valence-corrected chi connectivity index (χ2v) is 4.92. The molecule has 2 saturated heterocycles. The Bertz CT molecular complexity index is 441. The van der Waals surface area contributed by atoms with E-state index in [0.29, 0.717) is 26.2 Å². The third-order valence-corrected chi connectivity index (χ3v) is 3.63. The Morgan fingerprint density at radius 1 is 1.25 bits per heavy atom. The molecule has 2 fully saturated rings. The number of morpholine rings is 1. The summed E-state index contributed by atoms with van der Waals surface area (Å²) >= 11 is 0. The molecule has 1 unspecified atom stereocenters. The zero-order chi connectivity index (χ0) is 13.8. The standard InChI is InChI=1S/C13H19N5O2/c19-12(11-10-14-4-9-20-11)17-5-7-18(8-6-17)13-15-2-1-3-16-13/h1-3,11,14H,4-10H2. The average Bonchev–Trinajstić information content (AvgIpc) is 2.56. The van der Waals surface area contributed by atoms with Crippen molar-refractivity contribution in [1.29, 1.82) is 0 Å². The molecule has 0 saturated carbocycles. The molecule has 1 atom stereocenters. The van der Waals surface area contributed by atoms with Crippen molar-refractivity contribution in [1.82, 2.24) is 20.2 Å². The van der Waals surface area contributed by atoms with E-state index in [4.69, 9.17) is 4.74 Å². The summed E-state index contributed by atoms with van der Waals surface area (Å²) in [6, 6.07) is 1.80. The molecule has 7 heteroatoms. The summed E-state index contributed by atoms with van der Waals surface area (Å²) in [5.74, 6) is 0.820. The van der Waals surface area contributed by atoms with Gasteiger partial charge in [0.2, 0.25) is 5.95 Å². The van der Waals surface area contributed by atoms with Crippen LogP contribution in [0.3, 0.4) is 0 Å². The average molecular weight is 277 g/mol. The summed E-state index contributed by atoms with van der Waals surface area (Å²) in [6.07, 6.45) is 3.14. The summed E-state index contributed by atoms with van der Waals surface area (Å²) < 4.78 is 5.51. The number of anilines is 1. The van der Waals surface area contributed by atoms with Crippen LogP contribution in [0.4, 0.5) is 5.95 Å². The van der Waals surface area contributed by atoms with Gasteiger partial charge < -0.3 is 19.9 Å². The number of amides is 1. The van der Waals surface area contributed by atoms with Gasteiger partial charge in [-0.05, 0) is 6.07 Å². The van der Waals surface area contributed by atoms with Gasteiger partial charge in [0.05, 0.1) is 6.61 Å². The molecule has 0 spiro atoms. The normalized spacial score (nSPS) is 23.7. The van der Waals surface area contributed by atoms with E-state index in [1.165, 1.54) is 0 Å². The van der Waals surface area contributed by atoms with E-state index in [0.717, 1.165) is 25.6 Å². The number of nitrogens with zero attached hydrogens (tertiary/aromatic N) is 4. The van der Waals surface area contributed by atoms with Crippen LogP contribution in [-0.2, 0) is 9.53 Å². The van der Waals surface area contributed by atoms with E-state index in [9.17, 15) is 4.79 Å². The molecule has 3 rings (SSSR count). The summed E-state index contributed by atoms with van der Waals surface area (Å²) in [6.45, 7) is 4.94. The van der Waals surface area contributed by atoms with E-state index in [1.807, 2.05) is 4.90 Å². The fourth-order valence-corrected chi connectivity index (χ4v) is 2.51. The summed E-state index contributed by atoms with van der Waals surface area (Å²) in [4.78, 5) is 24.8. The van der Waals surface area contributed by atoms with Gasteiger partial charge in [0.15, 0.2) is 0 Å². The lowest BCUT2D eigenvalue weighted by Gasteiger charge is -2.37. The number of aromatic nitrogens is 2. The van der Waals surface area contributed by atoms with E-state index in [-0.39, 0.29) is 12.0 Å². The predicted molar refractivity (Wildman–Crippen MR) is 73.4 cm³/mol. The third kappa shape index (κ3) is 2.88. The number of nitrogens with one attached hydrogen (secondary N) is 1. The molecule has 1 aromatic rings. The van der Waals surface area contributed by atoms with Crippen LogP contribution in [0.5, 0.6) is 0 Å². The Labute approximate surface area is 117 Å². The highest BCUT2D eigenvalue weighted by Crippen LogP contribution is 2.11. The molecule has 1 amide bonds. The maximum absolute atomic E-state index is 12.3. The molecule has 0 aromatic carbocycles. The van der Waals surface area contributed by atoms with Crippen LogP contribution in [0, 0.1) is 0 Å². The fraction of sp³-hybridized carbons (Fsp3) is 0.615. The molecular formula is C13H19N5O2. The summed E-state index contributed by atoms with van der Waals surface area (Å²) in [5, 5.41) is 3.19. The molecule has 2 aliphatic heterocycles. The van der Waals surface area contributed by atoms with Crippen LogP contribution in [0.2, 0.25) is 0 Å². The minimum Gasteiger partial charge on any atom is -0.366 e. The Hall–Kier alpha value is -1.73. The first-order chi connectivity index (χ1) is 9.84. The van der Waals surface area contributed by atoms with Crippen LogP contribution in [-0.4, -0.2) is 72.8 Å². The van der Waals surface area contributed by atoms with Crippen LogP contribution in [0.25, 0.3) is 0 Å². The molecule has 0 radical (unpaired) electrons. The predicted octanol–water partition coefficient (Wildman–Crippen LogP) is -0.886. The van der Waals surface area contributed by atoms with Gasteiger partial charge in [0.1, 0.15) is 6.10 Å². The van der Waals surface area contributed by atoms with Gasteiger partial charge in [0, 0.05) is 51.7 Å². The van der Waals surface area contributed by atoms with Gasteiger partial charge in [0.25, 0.3) is 5.91 Å². The van der Waals surface area contributed by atoms with Gasteiger partial charge in [-0.15, -0.1) is 0 Å². The quantitative estimate of drug-likeness (QED) is 0.756. The van der Waals surface area contributed by atoms with Crippen LogP contribution >= 0.6 is 0 Å². The molecule has 1 N–H and O–H groups in total. The highest BCUT2D eigenvalue weighted by Gasteiger charge is 2.29. The zero-order valence-electron chi connectivity index (χ0n) is 11.4. The Morgan fingerprint density at radius 3 is 2.65 bits per heavy atom. The van der Waals surface area contributed by atoms with E-state index in [2.05, 4.69) is 20.2 Å². The first-order valence-electron chi connectivity index (χ1n) is 6.97. The first kappa shape index (κ1) is 13.3. The number of hydrogen-bond acceptors (Lipinski definition) is 6. The van der Waals surface area contributed by atoms with Gasteiger partial charge in [-0.3, -0.25) is 4.79 Å². The smallest absolute Gasteiger partial charge is 0.253 e. The molecule has 1 aromatic heterocycles. The molecular weight excluding hydrogens is 258 g/mol. The number of hydrogen-bond donors (Lipinski definition) is 1.